The fourth-order valence-corrected chi connectivity index (χ4v) is 2.18. The van der Waals surface area contributed by atoms with Gasteiger partial charge >= 0.3 is 5.97 Å². The van der Waals surface area contributed by atoms with Crippen molar-refractivity contribution in [2.45, 2.75) is 13.8 Å². The molecular formula is C16H15N3O3. The molecule has 0 atom stereocenters. The number of benzene rings is 1. The Labute approximate surface area is 127 Å². The third-order valence-electron chi connectivity index (χ3n) is 3.18. The summed E-state index contributed by atoms with van der Waals surface area (Å²) in [6.45, 7) is 3.93. The third-order valence-corrected chi connectivity index (χ3v) is 3.18. The van der Waals surface area contributed by atoms with E-state index in [1.54, 1.807) is 6.92 Å². The molecular weight excluding hydrogens is 282 g/mol. The highest BCUT2D eigenvalue weighted by Gasteiger charge is 2.19. The number of rotatable bonds is 4. The molecule has 6 nitrogen and oxygen atoms in total. The Bertz CT molecular complexity index is 804. The standard InChI is InChI=1S/C16H15N3O3/c1-3-21-16(20)15-14(17-19-18-15)12-6-4-5-11(9-12)13-8-7-10(2)22-13/h4-9H,3H2,1-2H3,(H,17,18,19). The van der Waals surface area contributed by atoms with Crippen LogP contribution in [0.15, 0.2) is 40.8 Å². The number of aryl methyl sites for hydroxylation is 1. The number of hydrogen-bond acceptors (Lipinski definition) is 5. The Morgan fingerprint density at radius 2 is 2.05 bits per heavy atom. The predicted octanol–water partition coefficient (Wildman–Crippen LogP) is 3.22. The molecule has 2 aromatic heterocycles. The average Bonchev–Trinajstić information content (AvgIpc) is 3.16. The van der Waals surface area contributed by atoms with Crippen molar-refractivity contribution in [3.8, 4) is 22.6 Å². The minimum absolute atomic E-state index is 0.176. The summed E-state index contributed by atoms with van der Waals surface area (Å²) in [4.78, 5) is 11.9. The number of carbonyl (C=O) groups excluding carboxylic acids is 1. The van der Waals surface area contributed by atoms with Crippen LogP contribution in [-0.4, -0.2) is 28.0 Å². The van der Waals surface area contributed by atoms with E-state index in [4.69, 9.17) is 9.15 Å². The first-order valence-electron chi connectivity index (χ1n) is 6.94. The van der Waals surface area contributed by atoms with Gasteiger partial charge in [0.25, 0.3) is 0 Å². The van der Waals surface area contributed by atoms with Gasteiger partial charge in [0, 0.05) is 11.1 Å². The Morgan fingerprint density at radius 1 is 1.23 bits per heavy atom. The van der Waals surface area contributed by atoms with E-state index in [0.29, 0.717) is 5.69 Å². The summed E-state index contributed by atoms with van der Waals surface area (Å²) in [5, 5.41) is 10.4. The van der Waals surface area contributed by atoms with Crippen LogP contribution in [0.3, 0.4) is 0 Å². The SMILES string of the molecule is CCOC(=O)c1n[nH]nc1-c1cccc(-c2ccc(C)o2)c1. The maximum atomic E-state index is 11.9. The van der Waals surface area contributed by atoms with E-state index in [2.05, 4.69) is 15.4 Å². The number of furan rings is 1. The first kappa shape index (κ1) is 14.1. The number of carbonyl (C=O) groups is 1. The zero-order chi connectivity index (χ0) is 15.5. The normalized spacial score (nSPS) is 10.6. The number of aromatic nitrogens is 3. The molecule has 3 aromatic rings. The molecule has 0 saturated carbocycles. The van der Waals surface area contributed by atoms with Gasteiger partial charge < -0.3 is 9.15 Å². The van der Waals surface area contributed by atoms with Crippen molar-refractivity contribution in [2.24, 2.45) is 0 Å². The Kier molecular flexibility index (Phi) is 3.74. The van der Waals surface area contributed by atoms with Gasteiger partial charge in [-0.2, -0.15) is 10.3 Å². The molecule has 0 spiro atoms. The van der Waals surface area contributed by atoms with Crippen molar-refractivity contribution in [3.05, 3.63) is 47.9 Å². The number of esters is 1. The lowest BCUT2D eigenvalue weighted by Crippen LogP contribution is -2.06. The fourth-order valence-electron chi connectivity index (χ4n) is 2.18. The number of aromatic amines is 1. The highest BCUT2D eigenvalue weighted by molar-refractivity contribution is 5.94. The zero-order valence-corrected chi connectivity index (χ0v) is 12.3. The van der Waals surface area contributed by atoms with E-state index in [9.17, 15) is 4.79 Å². The van der Waals surface area contributed by atoms with Crippen molar-refractivity contribution < 1.29 is 13.9 Å². The second-order valence-electron chi connectivity index (χ2n) is 4.73. The lowest BCUT2D eigenvalue weighted by atomic mass is 10.1. The summed E-state index contributed by atoms with van der Waals surface area (Å²) in [6, 6.07) is 11.4. The van der Waals surface area contributed by atoms with Gasteiger partial charge in [0.2, 0.25) is 0 Å². The number of nitrogens with zero attached hydrogens (tertiary/aromatic N) is 2. The Hall–Kier alpha value is -2.89. The molecule has 2 heterocycles. The minimum Gasteiger partial charge on any atom is -0.461 e. The summed E-state index contributed by atoms with van der Waals surface area (Å²) < 4.78 is 10.6. The van der Waals surface area contributed by atoms with E-state index in [1.165, 1.54) is 0 Å². The molecule has 0 bridgehead atoms. The molecule has 0 amide bonds. The van der Waals surface area contributed by atoms with E-state index in [1.807, 2.05) is 43.3 Å². The van der Waals surface area contributed by atoms with E-state index >= 15 is 0 Å². The molecule has 0 radical (unpaired) electrons. The van der Waals surface area contributed by atoms with Crippen LogP contribution in [0.2, 0.25) is 0 Å². The lowest BCUT2D eigenvalue weighted by Gasteiger charge is -2.03. The molecule has 0 aliphatic carbocycles. The van der Waals surface area contributed by atoms with Crippen LogP contribution < -0.4 is 0 Å². The number of H-pyrrole nitrogens is 1. The lowest BCUT2D eigenvalue weighted by molar-refractivity contribution is 0.0520. The maximum absolute atomic E-state index is 11.9. The topological polar surface area (TPSA) is 81.0 Å². The Morgan fingerprint density at radius 3 is 2.77 bits per heavy atom. The van der Waals surface area contributed by atoms with Crippen LogP contribution in [-0.2, 0) is 4.74 Å². The quantitative estimate of drug-likeness (QED) is 0.748. The smallest absolute Gasteiger partial charge is 0.361 e. The molecule has 3 rings (SSSR count). The summed E-state index contributed by atoms with van der Waals surface area (Å²) in [6.07, 6.45) is 0. The maximum Gasteiger partial charge on any atom is 0.361 e. The summed E-state index contributed by atoms with van der Waals surface area (Å²) in [5.74, 6) is 1.11. The molecule has 1 aromatic carbocycles. The molecule has 0 saturated heterocycles. The van der Waals surface area contributed by atoms with Gasteiger partial charge in [-0.05, 0) is 32.0 Å². The van der Waals surface area contributed by atoms with Gasteiger partial charge in [0.05, 0.1) is 6.61 Å². The van der Waals surface area contributed by atoms with Crippen LogP contribution in [0.25, 0.3) is 22.6 Å². The van der Waals surface area contributed by atoms with Gasteiger partial charge in [-0.25, -0.2) is 4.79 Å². The minimum atomic E-state index is -0.495. The summed E-state index contributed by atoms with van der Waals surface area (Å²) in [7, 11) is 0. The van der Waals surface area contributed by atoms with Gasteiger partial charge in [0.15, 0.2) is 5.69 Å². The fraction of sp³-hybridized carbons (Fsp3) is 0.188. The van der Waals surface area contributed by atoms with E-state index < -0.39 is 5.97 Å². The highest BCUT2D eigenvalue weighted by Crippen LogP contribution is 2.27. The monoisotopic (exact) mass is 297 g/mol. The molecule has 0 fully saturated rings. The van der Waals surface area contributed by atoms with Gasteiger partial charge in [-0.1, -0.05) is 18.2 Å². The molecule has 0 aliphatic rings. The Balaban J connectivity index is 2.00. The van der Waals surface area contributed by atoms with Crippen LogP contribution >= 0.6 is 0 Å². The van der Waals surface area contributed by atoms with E-state index in [-0.39, 0.29) is 12.3 Å². The average molecular weight is 297 g/mol. The summed E-state index contributed by atoms with van der Waals surface area (Å²) >= 11 is 0. The van der Waals surface area contributed by atoms with Gasteiger partial charge in [-0.15, -0.1) is 5.10 Å². The number of ether oxygens (including phenoxy) is 1. The molecule has 0 aliphatic heterocycles. The molecule has 1 N–H and O–H groups in total. The van der Waals surface area contributed by atoms with Crippen LogP contribution in [0.1, 0.15) is 23.2 Å². The zero-order valence-electron chi connectivity index (χ0n) is 12.3. The van der Waals surface area contributed by atoms with Gasteiger partial charge in [0.1, 0.15) is 17.2 Å². The van der Waals surface area contributed by atoms with Crippen LogP contribution in [0, 0.1) is 6.92 Å². The second kappa shape index (κ2) is 5.85. The first-order valence-corrected chi connectivity index (χ1v) is 6.94. The third kappa shape index (κ3) is 2.63. The molecule has 112 valence electrons. The summed E-state index contributed by atoms with van der Waals surface area (Å²) in [5.41, 5.74) is 2.31. The highest BCUT2D eigenvalue weighted by atomic mass is 16.5. The first-order chi connectivity index (χ1) is 10.7. The number of hydrogen-bond donors (Lipinski definition) is 1. The van der Waals surface area contributed by atoms with Crippen molar-refractivity contribution >= 4 is 5.97 Å². The largest absolute Gasteiger partial charge is 0.461 e. The van der Waals surface area contributed by atoms with Crippen molar-refractivity contribution in [2.75, 3.05) is 6.61 Å². The van der Waals surface area contributed by atoms with Crippen molar-refractivity contribution in [1.82, 2.24) is 15.4 Å². The molecule has 22 heavy (non-hydrogen) atoms. The second-order valence-corrected chi connectivity index (χ2v) is 4.73. The van der Waals surface area contributed by atoms with Gasteiger partial charge in [-0.3, -0.25) is 0 Å². The van der Waals surface area contributed by atoms with E-state index in [0.717, 1.165) is 22.6 Å². The molecule has 6 heteroatoms. The van der Waals surface area contributed by atoms with Crippen molar-refractivity contribution in [3.63, 3.8) is 0 Å². The number of nitrogens with one attached hydrogen (secondary N) is 1. The van der Waals surface area contributed by atoms with Crippen molar-refractivity contribution in [1.29, 1.82) is 0 Å². The predicted molar refractivity (Wildman–Crippen MR) is 80.2 cm³/mol. The van der Waals surface area contributed by atoms with Crippen LogP contribution in [0.5, 0.6) is 0 Å². The van der Waals surface area contributed by atoms with Crippen LogP contribution in [0.4, 0.5) is 0 Å². The molecule has 0 unspecified atom stereocenters.